The van der Waals surface area contributed by atoms with Crippen molar-refractivity contribution < 1.29 is 37.5 Å². The number of halogens is 1. The van der Waals surface area contributed by atoms with Crippen LogP contribution in [0.2, 0.25) is 18.1 Å². The summed E-state index contributed by atoms with van der Waals surface area (Å²) in [5, 5.41) is 16.2. The summed E-state index contributed by atoms with van der Waals surface area (Å²) in [5.41, 5.74) is 7.56. The molecule has 2 fully saturated rings. The molecule has 0 amide bonds. The zero-order valence-corrected chi connectivity index (χ0v) is 33.9. The third kappa shape index (κ3) is 6.12. The Bertz CT molecular complexity index is 2220. The van der Waals surface area contributed by atoms with Gasteiger partial charge in [-0.2, -0.15) is 0 Å². The number of fused-ring (bicyclic) bond motifs is 4. The molecule has 1 saturated heterocycles. The van der Waals surface area contributed by atoms with E-state index in [0.717, 1.165) is 30.5 Å². The number of ether oxygens (including phenoxy) is 2. The number of carbonyl (C=O) groups excluding carboxylic acids is 2. The number of rotatable bonds is 9. The predicted octanol–water partition coefficient (Wildman–Crippen LogP) is 8.43. The fraction of sp³-hybridized carbons (Fsp3) is 0.432. The number of aliphatic hydroxyl groups is 1. The van der Waals surface area contributed by atoms with E-state index in [9.17, 15) is 5.11 Å². The van der Waals surface area contributed by atoms with Gasteiger partial charge in [0.05, 0.1) is 11.6 Å². The molecule has 8 rings (SSSR count). The fourth-order valence-electron chi connectivity index (χ4n) is 8.88. The topological polar surface area (TPSA) is 137 Å². The number of likely N-dealkylation sites (tertiary alicyclic amines) is 1. The summed E-state index contributed by atoms with van der Waals surface area (Å²) >= 11 is 0. The largest absolute Gasteiger partial charge is 0.507 e. The quantitative estimate of drug-likeness (QED) is 0.126. The number of aliphatic hydroxyl groups excluding tert-OH is 1. The van der Waals surface area contributed by atoms with Crippen molar-refractivity contribution in [1.29, 1.82) is 0 Å². The molecule has 56 heavy (non-hydrogen) atoms. The molecule has 4 aliphatic rings. The molecule has 4 aromatic rings. The number of hydrogen-bond acceptors (Lipinski definition) is 10. The Balaban J connectivity index is 1.28. The van der Waals surface area contributed by atoms with E-state index in [1.54, 1.807) is 6.07 Å². The number of Topliss-reactive ketones (excluding diaryl/α,β-unsaturated/α-hetero) is 2. The highest BCUT2D eigenvalue weighted by Crippen LogP contribution is 2.58. The van der Waals surface area contributed by atoms with E-state index < -0.39 is 60.0 Å². The first-order valence-corrected chi connectivity index (χ1v) is 22.4. The maximum absolute atomic E-state index is 17.0. The molecule has 1 aliphatic heterocycles. The van der Waals surface area contributed by atoms with Crippen LogP contribution in [0.1, 0.15) is 96.1 Å². The van der Waals surface area contributed by atoms with Crippen LogP contribution in [0.5, 0.6) is 11.6 Å². The highest BCUT2D eigenvalue weighted by molar-refractivity contribution is 6.74. The second kappa shape index (κ2) is 14.1. The maximum Gasteiger partial charge on any atom is 0.265 e. The summed E-state index contributed by atoms with van der Waals surface area (Å²) in [7, 11) is -0.963. The van der Waals surface area contributed by atoms with Crippen LogP contribution >= 0.6 is 0 Å². The van der Waals surface area contributed by atoms with Crippen LogP contribution in [0, 0.1) is 17.7 Å². The first-order chi connectivity index (χ1) is 26.6. The van der Waals surface area contributed by atoms with Crippen LogP contribution < -0.4 is 15.2 Å². The van der Waals surface area contributed by atoms with Gasteiger partial charge in [0.2, 0.25) is 11.6 Å². The van der Waals surface area contributed by atoms with Gasteiger partial charge >= 0.3 is 0 Å². The first-order valence-electron chi connectivity index (χ1n) is 19.5. The average Bonchev–Trinajstić information content (AvgIpc) is 3.80. The molecule has 3 N–H and O–H groups in total. The summed E-state index contributed by atoms with van der Waals surface area (Å²) < 4.78 is 42.4. The van der Waals surface area contributed by atoms with Crippen molar-refractivity contribution in [2.24, 2.45) is 17.6 Å². The Morgan fingerprint density at radius 2 is 1.64 bits per heavy atom. The van der Waals surface area contributed by atoms with E-state index in [4.69, 9.17) is 24.2 Å². The minimum Gasteiger partial charge on any atom is -0.507 e. The predicted molar refractivity (Wildman–Crippen MR) is 211 cm³/mol. The third-order valence-electron chi connectivity index (χ3n) is 12.9. The Kier molecular flexibility index (Phi) is 9.62. The zero-order chi connectivity index (χ0) is 39.7. The normalized spacial score (nSPS) is 25.1. The second-order valence-electron chi connectivity index (χ2n) is 17.3. The summed E-state index contributed by atoms with van der Waals surface area (Å²) in [6, 6.07) is 19.5. The van der Waals surface area contributed by atoms with Crippen molar-refractivity contribution in [3.63, 3.8) is 0 Å². The van der Waals surface area contributed by atoms with Gasteiger partial charge in [-0.15, -0.1) is 0 Å². The van der Waals surface area contributed by atoms with Crippen LogP contribution in [-0.2, 0) is 28.9 Å². The summed E-state index contributed by atoms with van der Waals surface area (Å²) in [6.45, 7) is 11.1. The van der Waals surface area contributed by atoms with Gasteiger partial charge in [0.25, 0.3) is 5.88 Å². The smallest absolute Gasteiger partial charge is 0.265 e. The van der Waals surface area contributed by atoms with Crippen LogP contribution in [0.15, 0.2) is 76.8 Å². The highest BCUT2D eigenvalue weighted by Gasteiger charge is 2.68. The van der Waals surface area contributed by atoms with E-state index in [1.807, 2.05) is 102 Å². The number of aromatic nitrogens is 1. The van der Waals surface area contributed by atoms with Gasteiger partial charge in [0.15, 0.2) is 19.7 Å². The minimum absolute atomic E-state index is 0.0226. The Hall–Kier alpha value is -4.62. The van der Waals surface area contributed by atoms with E-state index in [2.05, 4.69) is 10.1 Å². The molecule has 1 aromatic heterocycles. The first kappa shape index (κ1) is 38.3. The van der Waals surface area contributed by atoms with Gasteiger partial charge in [-0.1, -0.05) is 81.4 Å². The van der Waals surface area contributed by atoms with Crippen LogP contribution in [0.4, 0.5) is 4.39 Å². The Morgan fingerprint density at radius 3 is 2.25 bits per heavy atom. The molecule has 3 aromatic carbocycles. The molecule has 5 atom stereocenters. The van der Waals surface area contributed by atoms with Crippen molar-refractivity contribution >= 4 is 25.6 Å². The number of nitrogens with two attached hydrogens (primary N) is 1. The van der Waals surface area contributed by atoms with Crippen molar-refractivity contribution in [1.82, 2.24) is 10.1 Å². The lowest BCUT2D eigenvalue weighted by Crippen LogP contribution is -2.68. The van der Waals surface area contributed by atoms with Gasteiger partial charge in [-0.05, 0) is 85.7 Å². The number of carbonyl (C=O) groups is 2. The number of nitrogens with zero attached hydrogens (tertiary/aromatic N) is 2. The number of hydrogen-bond donors (Lipinski definition) is 2. The fourth-order valence-corrected chi connectivity index (χ4v) is 10.3. The third-order valence-corrected chi connectivity index (χ3v) is 17.3. The molecular formula is C44H50FN3O7Si. The lowest BCUT2D eigenvalue weighted by molar-refractivity contribution is -0.138. The van der Waals surface area contributed by atoms with Crippen LogP contribution in [0.3, 0.4) is 0 Å². The molecule has 2 heterocycles. The van der Waals surface area contributed by atoms with Gasteiger partial charge in [-0.3, -0.25) is 14.5 Å². The second-order valence-corrected chi connectivity index (χ2v) is 22.1. The van der Waals surface area contributed by atoms with Crippen molar-refractivity contribution in [2.45, 2.75) is 95.5 Å². The minimum atomic E-state index is -2.94. The molecule has 1 unspecified atom stereocenters. The lowest BCUT2D eigenvalue weighted by Gasteiger charge is -2.53. The highest BCUT2D eigenvalue weighted by atomic mass is 28.4. The molecule has 294 valence electrons. The van der Waals surface area contributed by atoms with Crippen molar-refractivity contribution in [3.05, 3.63) is 117 Å². The van der Waals surface area contributed by atoms with Gasteiger partial charge < -0.3 is 29.3 Å². The molecule has 3 aliphatic carbocycles. The molecule has 10 nitrogen and oxygen atoms in total. The van der Waals surface area contributed by atoms with E-state index in [-0.39, 0.29) is 71.8 Å². The molecule has 12 heteroatoms. The number of ketones is 2. The zero-order valence-electron chi connectivity index (χ0n) is 32.9. The molecule has 0 bridgehead atoms. The molecule has 0 radical (unpaired) electrons. The Morgan fingerprint density at radius 1 is 1.00 bits per heavy atom. The van der Waals surface area contributed by atoms with E-state index in [1.165, 1.54) is 0 Å². The van der Waals surface area contributed by atoms with Crippen molar-refractivity contribution in [3.8, 4) is 11.6 Å². The van der Waals surface area contributed by atoms with Crippen LogP contribution in [0.25, 0.3) is 5.76 Å². The van der Waals surface area contributed by atoms with Gasteiger partial charge in [-0.25, -0.2) is 4.39 Å². The summed E-state index contributed by atoms with van der Waals surface area (Å²) in [4.78, 5) is 33.0. The molecule has 0 spiro atoms. The Labute approximate surface area is 327 Å². The average molecular weight is 780 g/mol. The standard InChI is InChI=1S/C44H50FN3O7Si/c1-43(2,3)56(5,6)55-44-30(37(46)39-35(41(44)51)42(47-54-39)53-24-26-16-11-8-12-17-26)21-27-20-29-34(38(49)33(27)40(44)50)32(52-23-25-14-9-7-10-15-25)22-28(36(29)45)31-18-13-19-48(31)4/h7-12,14-17,22,27,30-31,37,49H,13,18-21,23-24,46H2,1-6H3/t27-,30-,31?,37-,44-/m0/s1. The molecule has 1 saturated carbocycles. The number of benzene rings is 3. The SMILES string of the molecule is CN1CCCC1c1cc(OCc2ccccc2)c2c(c1F)C[C@H]1C[C@H]3[C@H](N)c4onc(OCc5ccccc5)c4C(=O)[C@@]3(O[Si](C)(C)C(C)(C)C)C(=O)C1=C2O. The van der Waals surface area contributed by atoms with Gasteiger partial charge in [0, 0.05) is 28.7 Å². The molecular weight excluding hydrogens is 730 g/mol. The summed E-state index contributed by atoms with van der Waals surface area (Å²) in [5.74, 6) is -3.40. The van der Waals surface area contributed by atoms with Crippen LogP contribution in [-0.4, -0.2) is 54.2 Å². The lowest BCUT2D eigenvalue weighted by atomic mass is 9.57. The van der Waals surface area contributed by atoms with Crippen molar-refractivity contribution in [2.75, 3.05) is 13.6 Å². The summed E-state index contributed by atoms with van der Waals surface area (Å²) in [6.07, 6.45) is 1.96. The van der Waals surface area contributed by atoms with Gasteiger partial charge in [0.1, 0.15) is 36.1 Å². The van der Waals surface area contributed by atoms with E-state index in [0.29, 0.717) is 5.56 Å². The van der Waals surface area contributed by atoms with E-state index >= 15 is 14.0 Å². The maximum atomic E-state index is 17.0. The monoisotopic (exact) mass is 779 g/mol.